The van der Waals surface area contributed by atoms with Gasteiger partial charge in [-0.3, -0.25) is 0 Å². The summed E-state index contributed by atoms with van der Waals surface area (Å²) in [5, 5.41) is 27.1. The van der Waals surface area contributed by atoms with Gasteiger partial charge in [0.25, 0.3) is 0 Å². The maximum atomic E-state index is 11.9. The van der Waals surface area contributed by atoms with E-state index in [-0.39, 0.29) is 24.1 Å². The molecule has 0 aliphatic carbocycles. The van der Waals surface area contributed by atoms with Crippen molar-refractivity contribution in [1.82, 2.24) is 0 Å². The highest BCUT2D eigenvalue weighted by Gasteiger charge is 2.21. The quantitative estimate of drug-likeness (QED) is 0.268. The number of esters is 1. The van der Waals surface area contributed by atoms with E-state index in [9.17, 15) is 14.7 Å². The maximum absolute atomic E-state index is 11.9. The van der Waals surface area contributed by atoms with E-state index in [0.29, 0.717) is 39.3 Å². The number of ether oxygens (including phenoxy) is 4. The van der Waals surface area contributed by atoms with Gasteiger partial charge < -0.3 is 34.3 Å². The first-order chi connectivity index (χ1) is 16.8. The van der Waals surface area contributed by atoms with Gasteiger partial charge in [-0.15, -0.1) is 0 Å². The van der Waals surface area contributed by atoms with Crippen molar-refractivity contribution in [2.45, 2.75) is 45.8 Å². The molecule has 0 amide bonds. The van der Waals surface area contributed by atoms with Crippen molar-refractivity contribution in [3.63, 3.8) is 0 Å². The number of phenols is 2. The fourth-order valence-corrected chi connectivity index (χ4v) is 2.96. The Hall–Kier alpha value is -3.14. The van der Waals surface area contributed by atoms with Crippen molar-refractivity contribution in [3.8, 4) is 11.5 Å². The van der Waals surface area contributed by atoms with Gasteiger partial charge >= 0.3 is 11.9 Å². The van der Waals surface area contributed by atoms with Crippen LogP contribution in [0.2, 0.25) is 0 Å². The second-order valence-electron chi connectivity index (χ2n) is 7.33. The molecule has 2 aromatic rings. The van der Waals surface area contributed by atoms with Crippen LogP contribution in [-0.4, -0.2) is 72.5 Å². The molecule has 0 aliphatic heterocycles. The molecule has 0 aromatic heterocycles. The normalized spacial score (nSPS) is 12.2. The van der Waals surface area contributed by atoms with Crippen molar-refractivity contribution in [2.75, 3.05) is 33.0 Å². The number of carbonyl (C=O) groups excluding carboxylic acids is 1. The van der Waals surface area contributed by atoms with E-state index in [4.69, 9.17) is 29.2 Å². The van der Waals surface area contributed by atoms with Gasteiger partial charge in [0.15, 0.2) is 12.2 Å². The lowest BCUT2D eigenvalue weighted by molar-refractivity contribution is -0.158. The zero-order valence-electron chi connectivity index (χ0n) is 20.5. The molecule has 194 valence electrons. The monoisotopic (exact) mass is 492 g/mol. The van der Waals surface area contributed by atoms with Gasteiger partial charge in [0.2, 0.25) is 0 Å². The Morgan fingerprint density at radius 3 is 1.60 bits per heavy atom. The van der Waals surface area contributed by atoms with E-state index in [0.717, 1.165) is 11.1 Å². The van der Waals surface area contributed by atoms with Crippen LogP contribution in [0.15, 0.2) is 48.5 Å². The summed E-state index contributed by atoms with van der Waals surface area (Å²) < 4.78 is 20.7. The molecule has 0 spiro atoms. The predicted molar refractivity (Wildman–Crippen MR) is 130 cm³/mol. The number of benzene rings is 2. The minimum absolute atomic E-state index is 0.169. The van der Waals surface area contributed by atoms with Crippen molar-refractivity contribution in [3.05, 3.63) is 59.7 Å². The second kappa shape index (κ2) is 17.3. The summed E-state index contributed by atoms with van der Waals surface area (Å²) in [6.07, 6.45) is -0.726. The lowest BCUT2D eigenvalue weighted by Gasteiger charge is -2.16. The number of carbonyl (C=O) groups is 2. The van der Waals surface area contributed by atoms with Gasteiger partial charge in [0.1, 0.15) is 18.1 Å². The molecular weight excluding hydrogens is 456 g/mol. The Morgan fingerprint density at radius 1 is 0.714 bits per heavy atom. The molecule has 0 bridgehead atoms. The topological polar surface area (TPSA) is 132 Å². The van der Waals surface area contributed by atoms with Crippen LogP contribution < -0.4 is 0 Å². The van der Waals surface area contributed by atoms with E-state index >= 15 is 0 Å². The number of aliphatic carboxylic acids is 1. The van der Waals surface area contributed by atoms with Crippen LogP contribution in [0.1, 0.15) is 31.9 Å². The molecule has 2 aromatic carbocycles. The summed E-state index contributed by atoms with van der Waals surface area (Å²) in [6.45, 7) is 7.49. The fraction of sp³-hybridized carbons (Fsp3) is 0.462. The van der Waals surface area contributed by atoms with Crippen molar-refractivity contribution < 1.29 is 43.9 Å². The van der Waals surface area contributed by atoms with Crippen LogP contribution in [0, 0.1) is 0 Å². The number of hydrogen-bond acceptors (Lipinski definition) is 8. The van der Waals surface area contributed by atoms with Crippen molar-refractivity contribution in [1.29, 1.82) is 0 Å². The number of carboxylic acids is 1. The Morgan fingerprint density at radius 2 is 1.17 bits per heavy atom. The Labute approximate surface area is 206 Å². The summed E-state index contributed by atoms with van der Waals surface area (Å²) in [4.78, 5) is 22.7. The molecule has 0 heterocycles. The molecular formula is C26H36O9. The average molecular weight is 493 g/mol. The molecule has 9 nitrogen and oxygen atoms in total. The van der Waals surface area contributed by atoms with Crippen molar-refractivity contribution in [2.24, 2.45) is 0 Å². The molecule has 3 N–H and O–H groups in total. The lowest BCUT2D eigenvalue weighted by atomic mass is 10.1. The number of carboxylic acid groups (broad SMARTS) is 1. The predicted octanol–water partition coefficient (Wildman–Crippen LogP) is 3.34. The third-order valence-corrected chi connectivity index (χ3v) is 4.67. The summed E-state index contributed by atoms with van der Waals surface area (Å²) in [6, 6.07) is 13.1. The Bertz CT molecular complexity index is 850. The zero-order valence-corrected chi connectivity index (χ0v) is 20.5. The first-order valence-electron chi connectivity index (χ1n) is 11.6. The highest BCUT2D eigenvalue weighted by atomic mass is 16.6. The fourth-order valence-electron chi connectivity index (χ4n) is 2.96. The van der Waals surface area contributed by atoms with E-state index in [1.807, 2.05) is 13.8 Å². The molecule has 0 fully saturated rings. The van der Waals surface area contributed by atoms with E-state index in [1.165, 1.54) is 12.1 Å². The number of rotatable bonds is 14. The summed E-state index contributed by atoms with van der Waals surface area (Å²) in [7, 11) is 0. The first-order valence-corrected chi connectivity index (χ1v) is 11.6. The molecule has 9 heteroatoms. The minimum Gasteiger partial charge on any atom is -0.508 e. The standard InChI is InChI=1S/C15H22O5.C11H14O4/c1-3-18-9-10-20-15(17)14(19-4-2)11-12-5-7-13(16)8-6-12;1-2-15-10(11(13)14)7-8-3-5-9(12)6-4-8/h5-8,14,16H,3-4,9-11H2,1-2H3;3-6,10,12H,2,7H2,1H3,(H,13,14)/t14-;10-/m01/s1. The molecule has 2 rings (SSSR count). The Balaban J connectivity index is 0.000000365. The van der Waals surface area contributed by atoms with Crippen LogP contribution in [0.3, 0.4) is 0 Å². The smallest absolute Gasteiger partial charge is 0.335 e. The Kier molecular flexibility index (Phi) is 14.8. The van der Waals surface area contributed by atoms with Crippen LogP contribution in [0.4, 0.5) is 0 Å². The number of aromatic hydroxyl groups is 2. The average Bonchev–Trinajstić information content (AvgIpc) is 2.84. The largest absolute Gasteiger partial charge is 0.508 e. The third-order valence-electron chi connectivity index (χ3n) is 4.67. The molecule has 2 atom stereocenters. The molecule has 0 saturated carbocycles. The van der Waals surface area contributed by atoms with Gasteiger partial charge in [0, 0.05) is 32.7 Å². The SMILES string of the molecule is CCOCCOC(=O)[C@H](Cc1ccc(O)cc1)OCC.CCO[C@H](Cc1ccc(O)cc1)C(=O)O. The zero-order chi connectivity index (χ0) is 26.1. The van der Waals surface area contributed by atoms with Crippen LogP contribution in [0.25, 0.3) is 0 Å². The van der Waals surface area contributed by atoms with E-state index in [1.54, 1.807) is 43.3 Å². The second-order valence-corrected chi connectivity index (χ2v) is 7.33. The van der Waals surface area contributed by atoms with Gasteiger partial charge in [-0.05, 0) is 56.2 Å². The van der Waals surface area contributed by atoms with Gasteiger partial charge in [-0.25, -0.2) is 9.59 Å². The number of hydrogen-bond donors (Lipinski definition) is 3. The molecule has 0 saturated heterocycles. The van der Waals surface area contributed by atoms with E-state index < -0.39 is 18.2 Å². The van der Waals surface area contributed by atoms with Crippen LogP contribution >= 0.6 is 0 Å². The van der Waals surface area contributed by atoms with Gasteiger partial charge in [0.05, 0.1) is 6.61 Å². The molecule has 0 aliphatic rings. The highest BCUT2D eigenvalue weighted by Crippen LogP contribution is 2.14. The van der Waals surface area contributed by atoms with Gasteiger partial charge in [-0.2, -0.15) is 0 Å². The van der Waals surface area contributed by atoms with E-state index in [2.05, 4.69) is 0 Å². The summed E-state index contributed by atoms with van der Waals surface area (Å²) in [5.41, 5.74) is 1.73. The van der Waals surface area contributed by atoms with Crippen molar-refractivity contribution >= 4 is 11.9 Å². The summed E-state index contributed by atoms with van der Waals surface area (Å²) in [5.74, 6) is -0.993. The molecule has 35 heavy (non-hydrogen) atoms. The molecule has 0 unspecified atom stereocenters. The maximum Gasteiger partial charge on any atom is 0.335 e. The van der Waals surface area contributed by atoms with Crippen LogP contribution in [0.5, 0.6) is 11.5 Å². The first kappa shape index (κ1) is 29.9. The highest BCUT2D eigenvalue weighted by molar-refractivity contribution is 5.75. The third kappa shape index (κ3) is 12.8. The van der Waals surface area contributed by atoms with Gasteiger partial charge in [-0.1, -0.05) is 24.3 Å². The molecule has 0 radical (unpaired) electrons. The summed E-state index contributed by atoms with van der Waals surface area (Å²) >= 11 is 0. The number of phenolic OH excluding ortho intramolecular Hbond substituents is 2. The lowest BCUT2D eigenvalue weighted by Crippen LogP contribution is -2.30. The van der Waals surface area contributed by atoms with Crippen LogP contribution in [-0.2, 0) is 41.4 Å². The minimum atomic E-state index is -0.968.